The van der Waals surface area contributed by atoms with E-state index in [0.29, 0.717) is 0 Å². The van der Waals surface area contributed by atoms with E-state index in [1.54, 1.807) is 0 Å². The topological polar surface area (TPSA) is 35.6 Å². The number of amides is 2. The van der Waals surface area contributed by atoms with Gasteiger partial charge in [-0.15, -0.1) is 0 Å². The summed E-state index contributed by atoms with van der Waals surface area (Å²) in [4.78, 5) is 16.0. The van der Waals surface area contributed by atoms with Gasteiger partial charge in [0.2, 0.25) is 0 Å². The Morgan fingerprint density at radius 1 is 1.31 bits per heavy atom. The van der Waals surface area contributed by atoms with Crippen molar-refractivity contribution in [3.8, 4) is 0 Å². The van der Waals surface area contributed by atoms with Crippen LogP contribution in [-0.4, -0.2) is 60.3 Å². The molecule has 0 unspecified atom stereocenters. The zero-order valence-corrected chi connectivity index (χ0v) is 11.2. The van der Waals surface area contributed by atoms with Crippen molar-refractivity contribution in [3.05, 3.63) is 0 Å². The highest BCUT2D eigenvalue weighted by Gasteiger charge is 2.20. The summed E-state index contributed by atoms with van der Waals surface area (Å²) in [5.74, 6) is 0.939. The van der Waals surface area contributed by atoms with Crippen LogP contribution in [0.1, 0.15) is 20.3 Å². The molecule has 0 saturated carbocycles. The molecule has 2 amide bonds. The van der Waals surface area contributed by atoms with Gasteiger partial charge in [-0.05, 0) is 32.6 Å². The molecule has 4 nitrogen and oxygen atoms in total. The van der Waals surface area contributed by atoms with Crippen molar-refractivity contribution < 1.29 is 4.79 Å². The highest BCUT2D eigenvalue weighted by molar-refractivity contribution is 7.80. The SMILES string of the molecule is CC(C)NC(=O)N1CCN(CCCS)CC1. The number of rotatable bonds is 4. The second kappa shape index (κ2) is 7.01. The van der Waals surface area contributed by atoms with Crippen molar-refractivity contribution in [1.82, 2.24) is 15.1 Å². The Morgan fingerprint density at radius 2 is 1.94 bits per heavy atom. The van der Waals surface area contributed by atoms with Crippen molar-refractivity contribution in [1.29, 1.82) is 0 Å². The molecule has 1 fully saturated rings. The van der Waals surface area contributed by atoms with Crippen molar-refractivity contribution in [3.63, 3.8) is 0 Å². The van der Waals surface area contributed by atoms with Crippen LogP contribution >= 0.6 is 12.6 Å². The van der Waals surface area contributed by atoms with E-state index in [0.717, 1.165) is 44.9 Å². The highest BCUT2D eigenvalue weighted by atomic mass is 32.1. The summed E-state index contributed by atoms with van der Waals surface area (Å²) < 4.78 is 0. The number of thiol groups is 1. The van der Waals surface area contributed by atoms with Crippen LogP contribution in [0.15, 0.2) is 0 Å². The zero-order valence-electron chi connectivity index (χ0n) is 10.3. The van der Waals surface area contributed by atoms with Gasteiger partial charge in [-0.25, -0.2) is 4.79 Å². The van der Waals surface area contributed by atoms with E-state index in [2.05, 4.69) is 22.8 Å². The normalized spacial score (nSPS) is 17.9. The molecule has 1 aliphatic rings. The van der Waals surface area contributed by atoms with Gasteiger partial charge < -0.3 is 10.2 Å². The lowest BCUT2D eigenvalue weighted by atomic mass is 10.3. The van der Waals surface area contributed by atoms with Crippen LogP contribution < -0.4 is 5.32 Å². The Bertz CT molecular complexity index is 215. The number of hydrogen-bond acceptors (Lipinski definition) is 3. The van der Waals surface area contributed by atoms with E-state index in [9.17, 15) is 4.79 Å². The molecule has 1 N–H and O–H groups in total. The molecule has 1 heterocycles. The lowest BCUT2D eigenvalue weighted by Crippen LogP contribution is -2.52. The van der Waals surface area contributed by atoms with E-state index in [1.165, 1.54) is 0 Å². The van der Waals surface area contributed by atoms with Crippen molar-refractivity contribution in [2.45, 2.75) is 26.3 Å². The first kappa shape index (κ1) is 13.6. The van der Waals surface area contributed by atoms with E-state index < -0.39 is 0 Å². The van der Waals surface area contributed by atoms with Gasteiger partial charge in [-0.3, -0.25) is 4.90 Å². The molecule has 0 atom stereocenters. The van der Waals surface area contributed by atoms with Crippen LogP contribution in [0.5, 0.6) is 0 Å². The predicted octanol–water partition coefficient (Wildman–Crippen LogP) is 1.04. The molecular formula is C11H23N3OS. The maximum atomic E-state index is 11.7. The molecule has 16 heavy (non-hydrogen) atoms. The highest BCUT2D eigenvalue weighted by Crippen LogP contribution is 2.03. The van der Waals surface area contributed by atoms with Gasteiger partial charge in [0.25, 0.3) is 0 Å². The number of piperazine rings is 1. The third-order valence-electron chi connectivity index (χ3n) is 2.70. The third kappa shape index (κ3) is 4.61. The minimum Gasteiger partial charge on any atom is -0.336 e. The molecule has 1 aliphatic heterocycles. The van der Waals surface area contributed by atoms with E-state index >= 15 is 0 Å². The Morgan fingerprint density at radius 3 is 2.44 bits per heavy atom. The van der Waals surface area contributed by atoms with Crippen molar-refractivity contribution in [2.24, 2.45) is 0 Å². The second-order valence-electron chi connectivity index (χ2n) is 4.51. The number of carbonyl (C=O) groups is 1. The molecule has 0 aromatic carbocycles. The molecule has 1 rings (SSSR count). The number of nitrogens with zero attached hydrogens (tertiary/aromatic N) is 2. The number of urea groups is 1. The summed E-state index contributed by atoms with van der Waals surface area (Å²) in [5.41, 5.74) is 0. The maximum absolute atomic E-state index is 11.7. The maximum Gasteiger partial charge on any atom is 0.317 e. The fraction of sp³-hybridized carbons (Fsp3) is 0.909. The fourth-order valence-electron chi connectivity index (χ4n) is 1.81. The number of hydrogen-bond donors (Lipinski definition) is 2. The van der Waals surface area contributed by atoms with Gasteiger partial charge in [-0.2, -0.15) is 12.6 Å². The average molecular weight is 245 g/mol. The van der Waals surface area contributed by atoms with Gasteiger partial charge in [0.1, 0.15) is 0 Å². The van der Waals surface area contributed by atoms with Crippen LogP contribution in [0.25, 0.3) is 0 Å². The van der Waals surface area contributed by atoms with Gasteiger partial charge in [0.05, 0.1) is 0 Å². The van der Waals surface area contributed by atoms with E-state index in [-0.39, 0.29) is 12.1 Å². The minimum absolute atomic E-state index is 0.0730. The largest absolute Gasteiger partial charge is 0.336 e. The van der Waals surface area contributed by atoms with Crippen molar-refractivity contribution in [2.75, 3.05) is 38.5 Å². The molecule has 94 valence electrons. The average Bonchev–Trinajstić information content (AvgIpc) is 2.26. The van der Waals surface area contributed by atoms with Crippen LogP contribution in [0.4, 0.5) is 4.79 Å². The standard InChI is InChI=1S/C11H23N3OS/c1-10(2)12-11(15)14-7-5-13(6-8-14)4-3-9-16/h10,16H,3-9H2,1-2H3,(H,12,15). The molecule has 0 bridgehead atoms. The lowest BCUT2D eigenvalue weighted by Gasteiger charge is -2.35. The van der Waals surface area contributed by atoms with Gasteiger partial charge in [0, 0.05) is 32.2 Å². The second-order valence-corrected chi connectivity index (χ2v) is 4.96. The zero-order chi connectivity index (χ0) is 12.0. The fourth-order valence-corrected chi connectivity index (χ4v) is 1.95. The predicted molar refractivity (Wildman–Crippen MR) is 70.2 cm³/mol. The summed E-state index contributed by atoms with van der Waals surface area (Å²) >= 11 is 4.21. The third-order valence-corrected chi connectivity index (χ3v) is 3.02. The molecule has 0 aliphatic carbocycles. The van der Waals surface area contributed by atoms with E-state index in [4.69, 9.17) is 0 Å². The van der Waals surface area contributed by atoms with Gasteiger partial charge in [0.15, 0.2) is 0 Å². The summed E-state index contributed by atoms with van der Waals surface area (Å²) in [6.45, 7) is 8.72. The molecular weight excluding hydrogens is 222 g/mol. The van der Waals surface area contributed by atoms with Gasteiger partial charge >= 0.3 is 6.03 Å². The monoisotopic (exact) mass is 245 g/mol. The summed E-state index contributed by atoms with van der Waals surface area (Å²) in [6, 6.07) is 0.290. The van der Waals surface area contributed by atoms with Crippen LogP contribution in [0.3, 0.4) is 0 Å². The Labute approximate surface area is 104 Å². The molecule has 5 heteroatoms. The Hall–Kier alpha value is -0.420. The van der Waals surface area contributed by atoms with E-state index in [1.807, 2.05) is 18.7 Å². The smallest absolute Gasteiger partial charge is 0.317 e. The van der Waals surface area contributed by atoms with Gasteiger partial charge in [-0.1, -0.05) is 0 Å². The Kier molecular flexibility index (Phi) is 5.98. The minimum atomic E-state index is 0.0730. The van der Waals surface area contributed by atoms with Crippen molar-refractivity contribution >= 4 is 18.7 Å². The first-order chi connectivity index (χ1) is 7.63. The van der Waals surface area contributed by atoms with Crippen LogP contribution in [0, 0.1) is 0 Å². The quantitative estimate of drug-likeness (QED) is 0.726. The van der Waals surface area contributed by atoms with Crippen LogP contribution in [0.2, 0.25) is 0 Å². The summed E-state index contributed by atoms with van der Waals surface area (Å²) in [5, 5.41) is 2.93. The number of nitrogens with one attached hydrogen (secondary N) is 1. The molecule has 0 radical (unpaired) electrons. The first-order valence-corrected chi connectivity index (χ1v) is 6.65. The molecule has 0 aromatic heterocycles. The number of carbonyl (C=O) groups excluding carboxylic acids is 1. The molecule has 0 aromatic rings. The molecule has 0 spiro atoms. The summed E-state index contributed by atoms with van der Waals surface area (Å²) in [6.07, 6.45) is 1.13. The summed E-state index contributed by atoms with van der Waals surface area (Å²) in [7, 11) is 0. The molecule has 1 saturated heterocycles. The first-order valence-electron chi connectivity index (χ1n) is 6.02. The lowest BCUT2D eigenvalue weighted by molar-refractivity contribution is 0.138. The van der Waals surface area contributed by atoms with Crippen LogP contribution in [-0.2, 0) is 0 Å². The Balaban J connectivity index is 2.23.